The first-order valence-corrected chi connectivity index (χ1v) is 11.5. The lowest BCUT2D eigenvalue weighted by Gasteiger charge is -2.22. The number of hydrogen-bond donors (Lipinski definition) is 2. The molecule has 0 heterocycles. The molecule has 12 nitrogen and oxygen atoms in total. The monoisotopic (exact) mass is 527 g/mol. The van der Waals surface area contributed by atoms with E-state index in [2.05, 4.69) is 11.9 Å². The highest BCUT2D eigenvalue weighted by molar-refractivity contribution is 5.94. The molecule has 0 aliphatic heterocycles. The number of ether oxygens (including phenoxy) is 2. The predicted octanol–water partition coefficient (Wildman–Crippen LogP) is 3.49. The van der Waals surface area contributed by atoms with Crippen LogP contribution in [0.5, 0.6) is 0 Å². The largest absolute Gasteiger partial charge is 0.492 e. The normalized spacial score (nSPS) is 10.2. The molecule has 0 aromatic heterocycles. The number of amides is 3. The van der Waals surface area contributed by atoms with Crippen molar-refractivity contribution < 1.29 is 43.5 Å². The maximum absolute atomic E-state index is 12.4. The zero-order chi connectivity index (χ0) is 28.1. The molecule has 38 heavy (non-hydrogen) atoms. The average Bonchev–Trinajstić information content (AvgIpc) is 2.91. The van der Waals surface area contributed by atoms with Crippen molar-refractivity contribution in [3.63, 3.8) is 0 Å². The van der Waals surface area contributed by atoms with Crippen LogP contribution in [-0.2, 0) is 28.7 Å². The van der Waals surface area contributed by atoms with Crippen LogP contribution in [0.3, 0.4) is 0 Å². The summed E-state index contributed by atoms with van der Waals surface area (Å²) < 4.78 is 10.0. The van der Waals surface area contributed by atoms with Crippen molar-refractivity contribution in [2.24, 2.45) is 0 Å². The van der Waals surface area contributed by atoms with Gasteiger partial charge in [-0.15, -0.1) is 0 Å². The van der Waals surface area contributed by atoms with Crippen molar-refractivity contribution in [3.8, 4) is 0 Å². The van der Waals surface area contributed by atoms with E-state index < -0.39 is 17.9 Å². The Kier molecular flexibility index (Phi) is 11.6. The average molecular weight is 528 g/mol. The first kappa shape index (κ1) is 29.7. The van der Waals surface area contributed by atoms with Crippen molar-refractivity contribution in [3.05, 3.63) is 65.9 Å². The van der Waals surface area contributed by atoms with Crippen LogP contribution in [-0.4, -0.2) is 55.5 Å². The van der Waals surface area contributed by atoms with E-state index >= 15 is 0 Å². The van der Waals surface area contributed by atoms with E-state index in [1.807, 2.05) is 0 Å². The Morgan fingerprint density at radius 1 is 1.05 bits per heavy atom. The first-order valence-electron chi connectivity index (χ1n) is 11.5. The number of hydroxylamine groups is 2. The number of carbonyl (C=O) groups excluding carboxylic acids is 5. The Morgan fingerprint density at radius 3 is 2.47 bits per heavy atom. The summed E-state index contributed by atoms with van der Waals surface area (Å²) in [4.78, 5) is 63.9. The van der Waals surface area contributed by atoms with Crippen LogP contribution in [0.25, 0.3) is 0 Å². The Hall–Kier alpha value is -4.55. The quantitative estimate of drug-likeness (QED) is 0.124. The minimum absolute atomic E-state index is 0.122. The minimum atomic E-state index is -0.810. The lowest BCUT2D eigenvalue weighted by molar-refractivity contribution is -0.130. The summed E-state index contributed by atoms with van der Waals surface area (Å²) in [5.41, 5.74) is 2.29. The summed E-state index contributed by atoms with van der Waals surface area (Å²) in [6.45, 7) is 5.87. The van der Waals surface area contributed by atoms with Crippen LogP contribution in [0.15, 0.2) is 49.2 Å². The second kappa shape index (κ2) is 14.9. The van der Waals surface area contributed by atoms with Gasteiger partial charge in [-0.2, -0.15) is 10.1 Å². The highest BCUT2D eigenvalue weighted by atomic mass is 16.7. The number of nitrogens with one attached hydrogen (secondary N) is 1. The van der Waals surface area contributed by atoms with Gasteiger partial charge in [0.05, 0.1) is 24.2 Å². The highest BCUT2D eigenvalue weighted by Gasteiger charge is 2.20. The van der Waals surface area contributed by atoms with Crippen molar-refractivity contribution in [2.45, 2.75) is 26.7 Å². The van der Waals surface area contributed by atoms with Gasteiger partial charge < -0.3 is 14.3 Å². The molecule has 2 rings (SSSR count). The molecule has 0 spiro atoms. The minimum Gasteiger partial charge on any atom is -0.492 e. The molecule has 0 unspecified atom stereocenters. The van der Waals surface area contributed by atoms with Crippen LogP contribution in [0, 0.1) is 13.8 Å². The van der Waals surface area contributed by atoms with Gasteiger partial charge in [0, 0.05) is 17.7 Å². The molecule has 2 N–H and O–H groups in total. The van der Waals surface area contributed by atoms with Gasteiger partial charge in [0.25, 0.3) is 11.8 Å². The molecule has 3 amide bonds. The van der Waals surface area contributed by atoms with E-state index in [1.165, 1.54) is 12.1 Å². The fraction of sp³-hybridized carbons (Fsp3) is 0.269. The number of benzene rings is 2. The van der Waals surface area contributed by atoms with E-state index in [1.54, 1.807) is 38.1 Å². The second-order valence-corrected chi connectivity index (χ2v) is 7.86. The maximum atomic E-state index is 12.4. The molecule has 0 aliphatic rings. The van der Waals surface area contributed by atoms with Gasteiger partial charge in [-0.1, -0.05) is 24.8 Å². The van der Waals surface area contributed by atoms with Gasteiger partial charge in [0.15, 0.2) is 6.61 Å². The SMILES string of the molecule is C=COCC(=O)N(OCC=O)c1ccc(C)c(NC(=O)OCCCC(=O)N(O)c2cc(C=O)ccc2C)c1. The molecule has 12 heteroatoms. The third kappa shape index (κ3) is 8.54. The third-order valence-electron chi connectivity index (χ3n) is 5.12. The number of hydrogen-bond acceptors (Lipinski definition) is 9. The molecule has 202 valence electrons. The molecule has 0 aliphatic carbocycles. The van der Waals surface area contributed by atoms with Gasteiger partial charge >= 0.3 is 6.09 Å². The van der Waals surface area contributed by atoms with Crippen molar-refractivity contribution in [1.29, 1.82) is 0 Å². The van der Waals surface area contributed by atoms with E-state index in [-0.39, 0.29) is 44.0 Å². The van der Waals surface area contributed by atoms with E-state index in [4.69, 9.17) is 14.3 Å². The van der Waals surface area contributed by atoms with Crippen LogP contribution >= 0.6 is 0 Å². The second-order valence-electron chi connectivity index (χ2n) is 7.86. The maximum Gasteiger partial charge on any atom is 0.411 e. The van der Waals surface area contributed by atoms with E-state index in [9.17, 15) is 29.2 Å². The molecule has 2 aromatic rings. The van der Waals surface area contributed by atoms with Gasteiger partial charge in [-0.3, -0.25) is 29.7 Å². The lowest BCUT2D eigenvalue weighted by Crippen LogP contribution is -2.34. The summed E-state index contributed by atoms with van der Waals surface area (Å²) >= 11 is 0. The van der Waals surface area contributed by atoms with Crippen molar-refractivity contribution >= 4 is 47.5 Å². The fourth-order valence-electron chi connectivity index (χ4n) is 3.16. The van der Waals surface area contributed by atoms with Crippen molar-refractivity contribution in [2.75, 3.05) is 35.3 Å². The van der Waals surface area contributed by atoms with Crippen LogP contribution in [0.2, 0.25) is 0 Å². The summed E-state index contributed by atoms with van der Waals surface area (Å²) in [5.74, 6) is -1.25. The molecule has 2 aromatic carbocycles. The van der Waals surface area contributed by atoms with Gasteiger partial charge in [-0.05, 0) is 49.6 Å². The first-order chi connectivity index (χ1) is 18.2. The number of nitrogens with zero attached hydrogens (tertiary/aromatic N) is 2. The molecule has 0 fully saturated rings. The Labute approximate surface area is 219 Å². The third-order valence-corrected chi connectivity index (χ3v) is 5.12. The van der Waals surface area contributed by atoms with Gasteiger partial charge in [0.1, 0.15) is 19.2 Å². The zero-order valence-corrected chi connectivity index (χ0v) is 21.0. The fourth-order valence-corrected chi connectivity index (χ4v) is 3.16. The van der Waals surface area contributed by atoms with E-state index in [0.29, 0.717) is 40.0 Å². The Morgan fingerprint density at radius 2 is 1.79 bits per heavy atom. The van der Waals surface area contributed by atoms with Gasteiger partial charge in [0.2, 0.25) is 0 Å². The topological polar surface area (TPSA) is 152 Å². The van der Waals surface area contributed by atoms with Crippen molar-refractivity contribution in [1.82, 2.24) is 0 Å². The number of carbonyl (C=O) groups is 5. The van der Waals surface area contributed by atoms with Crippen LogP contribution in [0.4, 0.5) is 21.9 Å². The molecule has 0 bridgehead atoms. The summed E-state index contributed by atoms with van der Waals surface area (Å²) in [6, 6.07) is 9.21. The molecular formula is C26H29N3O9. The molecule has 0 saturated heterocycles. The molecular weight excluding hydrogens is 498 g/mol. The highest BCUT2D eigenvalue weighted by Crippen LogP contribution is 2.25. The summed E-state index contributed by atoms with van der Waals surface area (Å²) in [7, 11) is 0. The smallest absolute Gasteiger partial charge is 0.411 e. The van der Waals surface area contributed by atoms with Crippen LogP contribution in [0.1, 0.15) is 34.3 Å². The Balaban J connectivity index is 1.94. The lowest BCUT2D eigenvalue weighted by atomic mass is 10.1. The number of aryl methyl sites for hydroxylation is 2. The molecule has 0 saturated carbocycles. The molecule has 0 radical (unpaired) electrons. The van der Waals surface area contributed by atoms with E-state index in [0.717, 1.165) is 11.3 Å². The number of rotatable bonds is 14. The van der Waals surface area contributed by atoms with Gasteiger partial charge in [-0.25, -0.2) is 4.79 Å². The number of anilines is 3. The summed E-state index contributed by atoms with van der Waals surface area (Å²) in [6.07, 6.45) is 1.36. The zero-order valence-electron chi connectivity index (χ0n) is 21.0. The summed E-state index contributed by atoms with van der Waals surface area (Å²) in [5, 5.41) is 14.1. The predicted molar refractivity (Wildman–Crippen MR) is 137 cm³/mol. The van der Waals surface area contributed by atoms with Crippen LogP contribution < -0.4 is 15.4 Å². The number of aldehydes is 2. The standard InChI is InChI=1S/C26H29N3O9/c1-4-36-17-25(33)29(38-13-11-30)21-10-8-18(2)22(15-21)27-26(34)37-12-5-6-24(32)28(35)23-14-20(16-31)9-7-19(23)3/h4,7-11,14-16,35H,1,5-6,12-13,17H2,2-3H3,(H,27,34). The Bertz CT molecular complexity index is 1180. The molecule has 0 atom stereocenters.